The highest BCUT2D eigenvalue weighted by molar-refractivity contribution is 6.07. The number of carbonyl (C=O) groups excluding carboxylic acids is 2. The summed E-state index contributed by atoms with van der Waals surface area (Å²) in [4.78, 5) is 30.0. The smallest absolute Gasteiger partial charge is 0.252 e. The van der Waals surface area contributed by atoms with Crippen molar-refractivity contribution in [3.8, 4) is 11.3 Å². The number of aromatic nitrogens is 1. The fourth-order valence-electron chi connectivity index (χ4n) is 3.78. The molecule has 0 aliphatic carbocycles. The molecule has 1 unspecified atom stereocenters. The Morgan fingerprint density at radius 3 is 2.32 bits per heavy atom. The van der Waals surface area contributed by atoms with Gasteiger partial charge in [0.2, 0.25) is 5.91 Å². The Labute approximate surface area is 180 Å². The summed E-state index contributed by atoms with van der Waals surface area (Å²) in [6, 6.07) is 26.0. The molecule has 0 radical (unpaired) electrons. The van der Waals surface area contributed by atoms with E-state index in [1.807, 2.05) is 79.7 Å². The number of nitrogens with zero attached hydrogens (tertiary/aromatic N) is 1. The largest absolute Gasteiger partial charge is 0.366 e. The molecule has 4 aromatic rings. The number of nitrogens with one attached hydrogen (secondary N) is 1. The first kappa shape index (κ1) is 20.3. The Morgan fingerprint density at radius 1 is 0.903 bits per heavy atom. The van der Waals surface area contributed by atoms with E-state index in [0.29, 0.717) is 23.1 Å². The van der Waals surface area contributed by atoms with Gasteiger partial charge in [-0.3, -0.25) is 9.59 Å². The molecule has 31 heavy (non-hydrogen) atoms. The lowest BCUT2D eigenvalue weighted by molar-refractivity contribution is 0.0932. The summed E-state index contributed by atoms with van der Waals surface area (Å²) in [5.41, 5.74) is 9.64. The summed E-state index contributed by atoms with van der Waals surface area (Å²) in [6.07, 6.45) is 0.616. The van der Waals surface area contributed by atoms with Crippen molar-refractivity contribution in [1.29, 1.82) is 0 Å². The Balaban J connectivity index is 1.76. The van der Waals surface area contributed by atoms with Crippen molar-refractivity contribution in [3.05, 3.63) is 102 Å². The number of para-hydroxylation sites is 1. The quantitative estimate of drug-likeness (QED) is 0.476. The molecular formula is C26H23N3O2. The van der Waals surface area contributed by atoms with Crippen molar-refractivity contribution in [2.75, 3.05) is 0 Å². The topological polar surface area (TPSA) is 85.1 Å². The number of primary amides is 1. The van der Waals surface area contributed by atoms with E-state index in [1.165, 1.54) is 0 Å². The van der Waals surface area contributed by atoms with E-state index in [9.17, 15) is 9.59 Å². The molecule has 0 aliphatic heterocycles. The van der Waals surface area contributed by atoms with Gasteiger partial charge in [-0.05, 0) is 30.2 Å². The van der Waals surface area contributed by atoms with Gasteiger partial charge in [0.25, 0.3) is 5.91 Å². The molecular weight excluding hydrogens is 386 g/mol. The van der Waals surface area contributed by atoms with Crippen molar-refractivity contribution in [2.45, 2.75) is 19.4 Å². The van der Waals surface area contributed by atoms with Crippen LogP contribution >= 0.6 is 0 Å². The van der Waals surface area contributed by atoms with Crippen LogP contribution in [0.25, 0.3) is 22.2 Å². The molecule has 154 valence electrons. The minimum absolute atomic E-state index is 0.220. The van der Waals surface area contributed by atoms with Gasteiger partial charge in [-0.15, -0.1) is 0 Å². The third-order valence-electron chi connectivity index (χ3n) is 5.35. The molecule has 5 nitrogen and oxygen atoms in total. The maximum Gasteiger partial charge on any atom is 0.252 e. The van der Waals surface area contributed by atoms with Crippen LogP contribution < -0.4 is 11.1 Å². The fraction of sp³-hybridized carbons (Fsp3) is 0.115. The molecule has 5 heteroatoms. The molecule has 0 aliphatic rings. The van der Waals surface area contributed by atoms with E-state index in [-0.39, 0.29) is 11.9 Å². The first-order valence-corrected chi connectivity index (χ1v) is 10.2. The zero-order chi connectivity index (χ0) is 21.8. The van der Waals surface area contributed by atoms with Gasteiger partial charge in [0.1, 0.15) is 0 Å². The Bertz CT molecular complexity index is 1250. The second kappa shape index (κ2) is 8.79. The molecule has 4 rings (SSSR count). The Kier molecular flexibility index (Phi) is 5.76. The average molecular weight is 409 g/mol. The molecule has 1 aromatic heterocycles. The molecule has 3 N–H and O–H groups in total. The highest BCUT2D eigenvalue weighted by Crippen LogP contribution is 2.26. The monoisotopic (exact) mass is 409 g/mol. The summed E-state index contributed by atoms with van der Waals surface area (Å²) in [5.74, 6) is -0.731. The van der Waals surface area contributed by atoms with Crippen LogP contribution in [0.5, 0.6) is 0 Å². The SMILES string of the molecule is CCC(NC(=O)c1cc(-c2ccccc2)nc2ccccc12)c1ccccc1C(N)=O. The number of amides is 2. The third kappa shape index (κ3) is 4.16. The lowest BCUT2D eigenvalue weighted by atomic mass is 9.97. The summed E-state index contributed by atoms with van der Waals surface area (Å²) < 4.78 is 0. The zero-order valence-corrected chi connectivity index (χ0v) is 17.2. The van der Waals surface area contributed by atoms with Gasteiger partial charge in [0.15, 0.2) is 0 Å². The second-order valence-corrected chi connectivity index (χ2v) is 7.32. The van der Waals surface area contributed by atoms with E-state index in [1.54, 1.807) is 12.1 Å². The maximum atomic E-state index is 13.4. The van der Waals surface area contributed by atoms with E-state index < -0.39 is 5.91 Å². The van der Waals surface area contributed by atoms with Gasteiger partial charge in [0, 0.05) is 16.5 Å². The zero-order valence-electron chi connectivity index (χ0n) is 17.2. The Morgan fingerprint density at radius 2 is 1.58 bits per heavy atom. The molecule has 3 aromatic carbocycles. The number of pyridine rings is 1. The average Bonchev–Trinajstić information content (AvgIpc) is 2.82. The molecule has 0 saturated heterocycles. The number of hydrogen-bond donors (Lipinski definition) is 2. The predicted octanol–water partition coefficient (Wildman–Crippen LogP) is 4.88. The molecule has 0 fully saturated rings. The van der Waals surface area contributed by atoms with Gasteiger partial charge in [-0.1, -0.05) is 73.7 Å². The van der Waals surface area contributed by atoms with E-state index in [4.69, 9.17) is 10.7 Å². The minimum atomic E-state index is -0.510. The predicted molar refractivity (Wildman–Crippen MR) is 123 cm³/mol. The van der Waals surface area contributed by atoms with Crippen LogP contribution in [0.4, 0.5) is 0 Å². The first-order valence-electron chi connectivity index (χ1n) is 10.2. The highest BCUT2D eigenvalue weighted by Gasteiger charge is 2.21. The maximum absolute atomic E-state index is 13.4. The van der Waals surface area contributed by atoms with Crippen LogP contribution in [0, 0.1) is 0 Å². The van der Waals surface area contributed by atoms with E-state index >= 15 is 0 Å². The van der Waals surface area contributed by atoms with E-state index in [2.05, 4.69) is 5.32 Å². The number of nitrogens with two attached hydrogens (primary N) is 1. The van der Waals surface area contributed by atoms with Gasteiger partial charge in [-0.25, -0.2) is 4.98 Å². The summed E-state index contributed by atoms with van der Waals surface area (Å²) in [6.45, 7) is 1.96. The molecule has 2 amide bonds. The molecule has 1 heterocycles. The highest BCUT2D eigenvalue weighted by atomic mass is 16.2. The first-order chi connectivity index (χ1) is 15.1. The van der Waals surface area contributed by atoms with Crippen LogP contribution in [-0.2, 0) is 0 Å². The van der Waals surface area contributed by atoms with Crippen molar-refractivity contribution in [1.82, 2.24) is 10.3 Å². The van der Waals surface area contributed by atoms with Crippen molar-refractivity contribution >= 4 is 22.7 Å². The summed E-state index contributed by atoms with van der Waals surface area (Å²) in [7, 11) is 0. The second-order valence-electron chi connectivity index (χ2n) is 7.32. The van der Waals surface area contributed by atoms with Crippen LogP contribution in [0.3, 0.4) is 0 Å². The molecule has 1 atom stereocenters. The van der Waals surface area contributed by atoms with Gasteiger partial charge in [-0.2, -0.15) is 0 Å². The van der Waals surface area contributed by atoms with Crippen LogP contribution in [0.15, 0.2) is 84.9 Å². The minimum Gasteiger partial charge on any atom is -0.366 e. The molecule has 0 spiro atoms. The van der Waals surface area contributed by atoms with Crippen molar-refractivity contribution < 1.29 is 9.59 Å². The lowest BCUT2D eigenvalue weighted by Gasteiger charge is -2.20. The summed E-state index contributed by atoms with van der Waals surface area (Å²) >= 11 is 0. The number of fused-ring (bicyclic) bond motifs is 1. The fourth-order valence-corrected chi connectivity index (χ4v) is 3.78. The van der Waals surface area contributed by atoms with Crippen molar-refractivity contribution in [3.63, 3.8) is 0 Å². The Hall–Kier alpha value is -3.99. The van der Waals surface area contributed by atoms with Gasteiger partial charge >= 0.3 is 0 Å². The van der Waals surface area contributed by atoms with Gasteiger partial charge < -0.3 is 11.1 Å². The number of rotatable bonds is 6. The molecule has 0 bridgehead atoms. The van der Waals surface area contributed by atoms with Gasteiger partial charge in [0.05, 0.1) is 22.8 Å². The summed E-state index contributed by atoms with van der Waals surface area (Å²) in [5, 5.41) is 3.87. The third-order valence-corrected chi connectivity index (χ3v) is 5.35. The van der Waals surface area contributed by atoms with Crippen LogP contribution in [0.2, 0.25) is 0 Å². The van der Waals surface area contributed by atoms with Crippen LogP contribution in [-0.4, -0.2) is 16.8 Å². The van der Waals surface area contributed by atoms with E-state index in [0.717, 1.165) is 22.2 Å². The van der Waals surface area contributed by atoms with Crippen LogP contribution in [0.1, 0.15) is 45.7 Å². The standard InChI is InChI=1S/C26H23N3O2/c1-2-22(18-12-6-7-14-20(18)25(27)30)29-26(31)21-16-24(17-10-4-3-5-11-17)28-23-15-9-8-13-19(21)23/h3-16,22H,2H2,1H3,(H2,27,30)(H,29,31). The number of benzene rings is 3. The molecule has 0 saturated carbocycles. The van der Waals surface area contributed by atoms with Crippen molar-refractivity contribution in [2.24, 2.45) is 5.73 Å². The normalized spacial score (nSPS) is 11.8. The lowest BCUT2D eigenvalue weighted by Crippen LogP contribution is -2.30. The number of carbonyl (C=O) groups is 2. The number of hydrogen-bond acceptors (Lipinski definition) is 3.